The largest absolute Gasteiger partial charge is 0.507 e. The first kappa shape index (κ1) is 19.4. The van der Waals surface area contributed by atoms with E-state index >= 15 is 0 Å². The molecule has 0 aliphatic heterocycles. The normalized spacial score (nSPS) is 12.8. The Kier molecular flexibility index (Phi) is 4.21. The Morgan fingerprint density at radius 1 is 0.828 bits per heavy atom. The monoisotopic (exact) mass is 434 g/mol. The summed E-state index contributed by atoms with van der Waals surface area (Å²) in [5.41, 5.74) is 0. The maximum Gasteiger partial charge on any atom is 0.295 e. The van der Waals surface area contributed by atoms with Crippen LogP contribution in [0, 0.1) is 0 Å². The highest BCUT2D eigenvalue weighted by Crippen LogP contribution is 2.45. The minimum atomic E-state index is -4.83. The molecule has 0 atom stereocenters. The van der Waals surface area contributed by atoms with Gasteiger partial charge in [0.2, 0.25) is 0 Å². The molecule has 3 N–H and O–H groups in total. The molecule has 0 radical (unpaired) electrons. The van der Waals surface area contributed by atoms with Crippen molar-refractivity contribution in [1.29, 1.82) is 0 Å². The first-order chi connectivity index (χ1) is 13.5. The van der Waals surface area contributed by atoms with Gasteiger partial charge in [-0.2, -0.15) is 16.8 Å². The number of hydrogen-bond acceptors (Lipinski definition) is 6. The van der Waals surface area contributed by atoms with Crippen molar-refractivity contribution in [2.45, 2.75) is 9.79 Å². The van der Waals surface area contributed by atoms with Crippen LogP contribution in [0.2, 0.25) is 0 Å². The van der Waals surface area contributed by atoms with Crippen molar-refractivity contribution in [3.63, 3.8) is 0 Å². The predicted octanol–water partition coefficient (Wildman–Crippen LogP) is 3.35. The Hall–Kier alpha value is -2.92. The van der Waals surface area contributed by atoms with Crippen molar-refractivity contribution in [2.24, 2.45) is 0 Å². The van der Waals surface area contributed by atoms with Gasteiger partial charge in [0.1, 0.15) is 27.9 Å². The van der Waals surface area contributed by atoms with Crippen LogP contribution in [0.4, 0.5) is 0 Å². The number of hydrogen-bond donors (Lipinski definition) is 3. The van der Waals surface area contributed by atoms with Crippen molar-refractivity contribution in [1.82, 2.24) is 0 Å². The summed E-state index contributed by atoms with van der Waals surface area (Å²) in [5.74, 6) is 0.103. The summed E-state index contributed by atoms with van der Waals surface area (Å²) in [7, 11) is -9.65. The molecule has 0 aromatic heterocycles. The highest BCUT2D eigenvalue weighted by molar-refractivity contribution is 7.87. The number of ether oxygens (including phenoxy) is 1. The van der Waals surface area contributed by atoms with E-state index < -0.39 is 30.0 Å². The van der Waals surface area contributed by atoms with Gasteiger partial charge in [-0.05, 0) is 18.2 Å². The third kappa shape index (κ3) is 2.97. The molecule has 0 saturated heterocycles. The van der Waals surface area contributed by atoms with Crippen LogP contribution in [0.3, 0.4) is 0 Å². The van der Waals surface area contributed by atoms with E-state index in [0.717, 1.165) is 0 Å². The van der Waals surface area contributed by atoms with Gasteiger partial charge in [0, 0.05) is 38.4 Å². The number of benzene rings is 4. The number of aromatic hydroxyl groups is 1. The lowest BCUT2D eigenvalue weighted by Gasteiger charge is -2.17. The molecule has 0 heterocycles. The molecule has 0 aliphatic carbocycles. The lowest BCUT2D eigenvalue weighted by molar-refractivity contribution is 0.365. The van der Waals surface area contributed by atoms with E-state index in [4.69, 9.17) is 4.74 Å². The van der Waals surface area contributed by atoms with Crippen LogP contribution >= 0.6 is 0 Å². The summed E-state index contributed by atoms with van der Waals surface area (Å²) in [6.45, 7) is 3.70. The number of phenolic OH excluding ortho intramolecular Hbond substituents is 1. The molecule has 4 aromatic rings. The average Bonchev–Trinajstić information content (AvgIpc) is 2.63. The van der Waals surface area contributed by atoms with E-state index in [1.807, 2.05) is 0 Å². The number of rotatable bonds is 5. The second kappa shape index (κ2) is 6.29. The summed E-state index contributed by atoms with van der Waals surface area (Å²) >= 11 is 0. The summed E-state index contributed by atoms with van der Waals surface area (Å²) in [6.07, 6.45) is 1.50. The van der Waals surface area contributed by atoms with E-state index in [9.17, 15) is 31.0 Å². The Balaban J connectivity index is 2.34. The maximum absolute atomic E-state index is 11.9. The van der Waals surface area contributed by atoms with E-state index in [0.29, 0.717) is 22.2 Å². The Labute approximate surface area is 165 Å². The Morgan fingerprint density at radius 3 is 1.83 bits per heavy atom. The van der Waals surface area contributed by atoms with E-state index in [-0.39, 0.29) is 34.3 Å². The average molecular weight is 434 g/mol. The molecule has 150 valence electrons. The van der Waals surface area contributed by atoms with Crippen molar-refractivity contribution in [3.05, 3.63) is 49.1 Å². The molecule has 4 aromatic carbocycles. The fourth-order valence-electron chi connectivity index (χ4n) is 3.57. The van der Waals surface area contributed by atoms with E-state index in [1.165, 1.54) is 30.3 Å². The predicted molar refractivity (Wildman–Crippen MR) is 107 cm³/mol. The van der Waals surface area contributed by atoms with Gasteiger partial charge in [-0.1, -0.05) is 24.8 Å². The third-order valence-electron chi connectivity index (χ3n) is 4.68. The van der Waals surface area contributed by atoms with Crippen LogP contribution in [0.25, 0.3) is 32.3 Å². The van der Waals surface area contributed by atoms with Crippen molar-refractivity contribution < 1.29 is 35.8 Å². The molecule has 0 bridgehead atoms. The van der Waals surface area contributed by atoms with Gasteiger partial charge in [0.15, 0.2) is 0 Å². The minimum absolute atomic E-state index is 0.0354. The standard InChI is InChI=1S/C19H14O8S2/c1-2-7-27-15-8-14(20)10-3-5-12-16(28(21,22)23)9-17(29(24,25)26)13-6-4-11(15)18(10)19(12)13/h2-6,8-9,20H,1,7H2,(H,21,22,23)(H,24,25,26). The molecule has 0 unspecified atom stereocenters. The highest BCUT2D eigenvalue weighted by Gasteiger charge is 2.26. The second-order valence-electron chi connectivity index (χ2n) is 6.39. The Bertz CT molecular complexity index is 1470. The van der Waals surface area contributed by atoms with Crippen LogP contribution in [0.15, 0.2) is 58.8 Å². The van der Waals surface area contributed by atoms with Crippen molar-refractivity contribution in [3.8, 4) is 11.5 Å². The summed E-state index contributed by atoms with van der Waals surface area (Å²) < 4.78 is 72.6. The van der Waals surface area contributed by atoms with Crippen LogP contribution in [-0.2, 0) is 20.2 Å². The molecule has 0 aliphatic rings. The first-order valence-electron chi connectivity index (χ1n) is 8.20. The Morgan fingerprint density at radius 2 is 1.31 bits per heavy atom. The van der Waals surface area contributed by atoms with Crippen LogP contribution in [0.1, 0.15) is 0 Å². The summed E-state index contributed by atoms with van der Waals surface area (Å²) in [6, 6.07) is 7.85. The quantitative estimate of drug-likeness (QED) is 0.247. The van der Waals surface area contributed by atoms with Crippen LogP contribution in [0.5, 0.6) is 11.5 Å². The molecule has 8 nitrogen and oxygen atoms in total. The third-order valence-corrected chi connectivity index (χ3v) is 6.46. The van der Waals surface area contributed by atoms with Crippen LogP contribution in [-0.4, -0.2) is 37.7 Å². The van der Waals surface area contributed by atoms with Gasteiger partial charge in [0.25, 0.3) is 20.2 Å². The van der Waals surface area contributed by atoms with Gasteiger partial charge in [0.05, 0.1) is 0 Å². The van der Waals surface area contributed by atoms with E-state index in [1.54, 1.807) is 6.07 Å². The van der Waals surface area contributed by atoms with Crippen molar-refractivity contribution >= 4 is 52.6 Å². The second-order valence-corrected chi connectivity index (χ2v) is 9.17. The number of phenols is 1. The SMILES string of the molecule is C=CCOc1cc(O)c2ccc3c(S(=O)(=O)O)cc(S(=O)(=O)O)c4ccc1c2c34. The molecule has 29 heavy (non-hydrogen) atoms. The van der Waals surface area contributed by atoms with Gasteiger partial charge >= 0.3 is 0 Å². The fraction of sp³-hybridized carbons (Fsp3) is 0.0526. The van der Waals surface area contributed by atoms with Gasteiger partial charge in [-0.15, -0.1) is 0 Å². The molecule has 0 saturated carbocycles. The fourth-order valence-corrected chi connectivity index (χ4v) is 5.08. The zero-order valence-corrected chi connectivity index (χ0v) is 16.3. The maximum atomic E-state index is 11.9. The molecule has 0 spiro atoms. The van der Waals surface area contributed by atoms with E-state index in [2.05, 4.69) is 6.58 Å². The molecular formula is C19H14O8S2. The molecule has 0 fully saturated rings. The molecule has 10 heteroatoms. The minimum Gasteiger partial charge on any atom is -0.507 e. The first-order valence-corrected chi connectivity index (χ1v) is 11.1. The molecular weight excluding hydrogens is 420 g/mol. The lowest BCUT2D eigenvalue weighted by atomic mass is 9.93. The van der Waals surface area contributed by atoms with Gasteiger partial charge in [-0.25, -0.2) is 0 Å². The topological polar surface area (TPSA) is 138 Å². The summed E-state index contributed by atoms with van der Waals surface area (Å²) in [5, 5.41) is 11.8. The molecule has 0 amide bonds. The molecule has 4 rings (SSSR count). The smallest absolute Gasteiger partial charge is 0.295 e. The summed E-state index contributed by atoms with van der Waals surface area (Å²) in [4.78, 5) is -1.35. The van der Waals surface area contributed by atoms with Crippen molar-refractivity contribution in [2.75, 3.05) is 6.61 Å². The zero-order valence-electron chi connectivity index (χ0n) is 14.7. The lowest BCUT2D eigenvalue weighted by Crippen LogP contribution is -2.06. The van der Waals surface area contributed by atoms with Crippen LogP contribution < -0.4 is 4.74 Å². The van der Waals surface area contributed by atoms with Gasteiger partial charge < -0.3 is 9.84 Å². The zero-order chi connectivity index (χ0) is 21.1. The van der Waals surface area contributed by atoms with Gasteiger partial charge in [-0.3, -0.25) is 9.11 Å². The highest BCUT2D eigenvalue weighted by atomic mass is 32.2.